The summed E-state index contributed by atoms with van der Waals surface area (Å²) >= 11 is 1.32. The van der Waals surface area contributed by atoms with E-state index < -0.39 is 5.25 Å². The molecule has 1 saturated carbocycles. The van der Waals surface area contributed by atoms with E-state index in [4.69, 9.17) is 0 Å². The van der Waals surface area contributed by atoms with Crippen LogP contribution in [0.1, 0.15) is 56.2 Å². The smallest absolute Gasteiger partial charge is 0.243 e. The first-order valence-electron chi connectivity index (χ1n) is 10.0. The number of hydrogen-bond acceptors (Lipinski definition) is 6. The molecule has 0 bridgehead atoms. The Hall–Kier alpha value is -2.42. The predicted octanol–water partition coefficient (Wildman–Crippen LogP) is 3.03. The summed E-state index contributed by atoms with van der Waals surface area (Å²) in [6.07, 6.45) is 5.75. The standard InChI is InChI=1S/C20H28N6O2S/c1-13-8-7-9-14(2)18(13)22-17(27)12-21-19(28)15(3)29-20-23-24-25-26(20)16-10-5-4-6-11-16/h7-9,15-16H,4-6,10-12H2,1-3H3,(H,21,28)(H,22,27). The zero-order chi connectivity index (χ0) is 20.8. The highest BCUT2D eigenvalue weighted by Gasteiger charge is 2.24. The van der Waals surface area contributed by atoms with Gasteiger partial charge in [-0.15, -0.1) is 5.10 Å². The summed E-state index contributed by atoms with van der Waals surface area (Å²) in [7, 11) is 0. The molecule has 0 aliphatic heterocycles. The van der Waals surface area contributed by atoms with E-state index in [1.807, 2.05) is 36.7 Å². The van der Waals surface area contributed by atoms with E-state index in [0.29, 0.717) is 11.2 Å². The van der Waals surface area contributed by atoms with E-state index in [1.165, 1.54) is 31.0 Å². The van der Waals surface area contributed by atoms with Crippen molar-refractivity contribution >= 4 is 29.3 Å². The highest BCUT2D eigenvalue weighted by Crippen LogP contribution is 2.31. The molecule has 1 heterocycles. The molecule has 0 spiro atoms. The SMILES string of the molecule is Cc1cccc(C)c1NC(=O)CNC(=O)C(C)Sc1nnnn1C1CCCCC1. The minimum atomic E-state index is -0.406. The lowest BCUT2D eigenvalue weighted by Gasteiger charge is -2.22. The number of tetrazole rings is 1. The lowest BCUT2D eigenvalue weighted by Crippen LogP contribution is -2.37. The van der Waals surface area contributed by atoms with Gasteiger partial charge in [-0.1, -0.05) is 49.2 Å². The van der Waals surface area contributed by atoms with E-state index in [9.17, 15) is 9.59 Å². The molecule has 1 atom stereocenters. The quantitative estimate of drug-likeness (QED) is 0.673. The molecule has 2 N–H and O–H groups in total. The van der Waals surface area contributed by atoms with Gasteiger partial charge in [0.15, 0.2) is 0 Å². The van der Waals surface area contributed by atoms with Crippen LogP contribution >= 0.6 is 11.8 Å². The van der Waals surface area contributed by atoms with Crippen molar-refractivity contribution in [1.82, 2.24) is 25.5 Å². The Kier molecular flexibility index (Phi) is 7.24. The number of thioether (sulfide) groups is 1. The second kappa shape index (κ2) is 9.87. The van der Waals surface area contributed by atoms with E-state index in [2.05, 4.69) is 26.2 Å². The molecule has 0 saturated heterocycles. The topological polar surface area (TPSA) is 102 Å². The van der Waals surface area contributed by atoms with Crippen LogP contribution in [-0.2, 0) is 9.59 Å². The fraction of sp³-hybridized carbons (Fsp3) is 0.550. The molecular weight excluding hydrogens is 388 g/mol. The molecule has 1 aliphatic rings. The van der Waals surface area contributed by atoms with Gasteiger partial charge in [0.2, 0.25) is 17.0 Å². The number of carbonyl (C=O) groups is 2. The third-order valence-electron chi connectivity index (χ3n) is 5.20. The van der Waals surface area contributed by atoms with E-state index in [1.54, 1.807) is 6.92 Å². The molecule has 1 unspecified atom stereocenters. The number of hydrogen-bond donors (Lipinski definition) is 2. The molecule has 8 nitrogen and oxygen atoms in total. The van der Waals surface area contributed by atoms with Crippen LogP contribution in [0.3, 0.4) is 0 Å². The molecular formula is C20H28N6O2S. The lowest BCUT2D eigenvalue weighted by molar-refractivity contribution is -0.123. The highest BCUT2D eigenvalue weighted by atomic mass is 32.2. The maximum atomic E-state index is 12.5. The third kappa shape index (κ3) is 5.56. The number of amides is 2. The number of nitrogens with zero attached hydrogens (tertiary/aromatic N) is 4. The van der Waals surface area contributed by atoms with Crippen LogP contribution in [0.5, 0.6) is 0 Å². The summed E-state index contributed by atoms with van der Waals surface area (Å²) in [5.41, 5.74) is 2.77. The number of nitrogens with one attached hydrogen (secondary N) is 2. The largest absolute Gasteiger partial charge is 0.346 e. The molecule has 1 aromatic heterocycles. The van der Waals surface area contributed by atoms with Crippen molar-refractivity contribution in [2.24, 2.45) is 0 Å². The van der Waals surface area contributed by atoms with Gasteiger partial charge in [0, 0.05) is 5.69 Å². The van der Waals surface area contributed by atoms with Gasteiger partial charge in [-0.3, -0.25) is 9.59 Å². The lowest BCUT2D eigenvalue weighted by atomic mass is 9.96. The Bertz CT molecular complexity index is 842. The highest BCUT2D eigenvalue weighted by molar-refractivity contribution is 8.00. The van der Waals surface area contributed by atoms with Crippen molar-refractivity contribution in [2.45, 2.75) is 69.3 Å². The van der Waals surface area contributed by atoms with Crippen LogP contribution in [-0.4, -0.2) is 43.8 Å². The van der Waals surface area contributed by atoms with Crippen molar-refractivity contribution in [3.05, 3.63) is 29.3 Å². The van der Waals surface area contributed by atoms with Crippen molar-refractivity contribution in [2.75, 3.05) is 11.9 Å². The number of rotatable bonds is 7. The van der Waals surface area contributed by atoms with Crippen LogP contribution in [0.15, 0.2) is 23.4 Å². The zero-order valence-corrected chi connectivity index (χ0v) is 18.0. The Labute approximate surface area is 175 Å². The summed E-state index contributed by atoms with van der Waals surface area (Å²) < 4.78 is 1.85. The average molecular weight is 417 g/mol. The number of para-hydroxylation sites is 1. The molecule has 9 heteroatoms. The van der Waals surface area contributed by atoms with Crippen LogP contribution < -0.4 is 10.6 Å². The summed E-state index contributed by atoms with van der Waals surface area (Å²) in [5, 5.41) is 17.8. The number of benzene rings is 1. The van der Waals surface area contributed by atoms with Gasteiger partial charge in [0.25, 0.3) is 0 Å². The normalized spacial score (nSPS) is 15.7. The number of aryl methyl sites for hydroxylation is 2. The molecule has 29 heavy (non-hydrogen) atoms. The van der Waals surface area contributed by atoms with Crippen molar-refractivity contribution in [1.29, 1.82) is 0 Å². The van der Waals surface area contributed by atoms with Crippen LogP contribution in [0.4, 0.5) is 5.69 Å². The minimum Gasteiger partial charge on any atom is -0.346 e. The van der Waals surface area contributed by atoms with Gasteiger partial charge in [-0.25, -0.2) is 4.68 Å². The maximum absolute atomic E-state index is 12.5. The first-order chi connectivity index (χ1) is 14.0. The molecule has 1 aromatic carbocycles. The zero-order valence-electron chi connectivity index (χ0n) is 17.1. The molecule has 156 valence electrons. The van der Waals surface area contributed by atoms with Crippen molar-refractivity contribution in [3.63, 3.8) is 0 Å². The first kappa shape index (κ1) is 21.3. The molecule has 2 aromatic rings. The Morgan fingerprint density at radius 2 is 1.90 bits per heavy atom. The second-order valence-corrected chi connectivity index (χ2v) is 8.80. The predicted molar refractivity (Wildman–Crippen MR) is 113 cm³/mol. The van der Waals surface area contributed by atoms with E-state index in [-0.39, 0.29) is 18.4 Å². The molecule has 1 fully saturated rings. The number of anilines is 1. The fourth-order valence-corrected chi connectivity index (χ4v) is 4.42. The van der Waals surface area contributed by atoms with Gasteiger partial charge in [0.1, 0.15) is 0 Å². The van der Waals surface area contributed by atoms with Gasteiger partial charge < -0.3 is 10.6 Å². The molecule has 0 radical (unpaired) electrons. The Morgan fingerprint density at radius 1 is 1.21 bits per heavy atom. The first-order valence-corrected chi connectivity index (χ1v) is 10.9. The maximum Gasteiger partial charge on any atom is 0.243 e. The van der Waals surface area contributed by atoms with E-state index in [0.717, 1.165) is 29.7 Å². The summed E-state index contributed by atoms with van der Waals surface area (Å²) in [5.74, 6) is -0.468. The van der Waals surface area contributed by atoms with Gasteiger partial charge in [-0.2, -0.15) is 0 Å². The molecule has 2 amide bonds. The average Bonchev–Trinajstić information content (AvgIpc) is 3.17. The molecule has 1 aliphatic carbocycles. The van der Waals surface area contributed by atoms with Crippen LogP contribution in [0.2, 0.25) is 0 Å². The van der Waals surface area contributed by atoms with Crippen LogP contribution in [0.25, 0.3) is 0 Å². The fourth-order valence-electron chi connectivity index (χ4n) is 3.54. The Morgan fingerprint density at radius 3 is 2.59 bits per heavy atom. The monoisotopic (exact) mass is 416 g/mol. The second-order valence-electron chi connectivity index (χ2n) is 7.49. The van der Waals surface area contributed by atoms with Gasteiger partial charge in [-0.05, 0) is 55.2 Å². The van der Waals surface area contributed by atoms with Gasteiger partial charge >= 0.3 is 0 Å². The minimum absolute atomic E-state index is 0.0783. The Balaban J connectivity index is 1.51. The van der Waals surface area contributed by atoms with Crippen molar-refractivity contribution < 1.29 is 9.59 Å². The van der Waals surface area contributed by atoms with Crippen molar-refractivity contribution in [3.8, 4) is 0 Å². The summed E-state index contributed by atoms with van der Waals surface area (Å²) in [6, 6.07) is 6.13. The summed E-state index contributed by atoms with van der Waals surface area (Å²) in [4.78, 5) is 24.7. The number of carbonyl (C=O) groups excluding carboxylic acids is 2. The summed E-state index contributed by atoms with van der Waals surface area (Å²) in [6.45, 7) is 5.60. The third-order valence-corrected chi connectivity index (χ3v) is 6.25. The van der Waals surface area contributed by atoms with E-state index >= 15 is 0 Å². The molecule has 3 rings (SSSR count). The van der Waals surface area contributed by atoms with Crippen LogP contribution in [0, 0.1) is 13.8 Å². The van der Waals surface area contributed by atoms with Gasteiger partial charge in [0.05, 0.1) is 17.8 Å². The number of aromatic nitrogens is 4.